The summed E-state index contributed by atoms with van der Waals surface area (Å²) >= 11 is 0.898. The molecule has 0 spiro atoms. The Morgan fingerprint density at radius 2 is 2.07 bits per heavy atom. The van der Waals surface area contributed by atoms with Crippen molar-refractivity contribution in [1.29, 1.82) is 0 Å². The minimum absolute atomic E-state index is 0.00404. The highest BCUT2D eigenvalue weighted by Crippen LogP contribution is 2.32. The van der Waals surface area contributed by atoms with E-state index in [4.69, 9.17) is 4.74 Å². The Hall–Kier alpha value is -2.13. The monoisotopic (exact) mass is 411 g/mol. The third-order valence-electron chi connectivity index (χ3n) is 4.24. The molecule has 150 valence electrons. The summed E-state index contributed by atoms with van der Waals surface area (Å²) in [5.41, 5.74) is -0.319. The fourth-order valence-corrected chi connectivity index (χ4v) is 3.56. The number of carbonyl (C=O) groups excluding carboxylic acids is 1. The third-order valence-corrected chi connectivity index (χ3v) is 5.21. The standard InChI is InChI=1S/C19H20F3N3O2S/c1-12(17(26)23-11-14-8-5-9-27-14)28-18-24-15(13-6-3-2-4-7-13)10-16(25-18)19(20,21)22/h2-4,6-7,10,12,14H,5,8-9,11H2,1H3,(H,23,26). The zero-order valence-electron chi connectivity index (χ0n) is 15.2. The van der Waals surface area contributed by atoms with Gasteiger partial charge in [0, 0.05) is 18.7 Å². The van der Waals surface area contributed by atoms with Crippen molar-refractivity contribution in [3.63, 3.8) is 0 Å². The van der Waals surface area contributed by atoms with Gasteiger partial charge in [0.25, 0.3) is 0 Å². The van der Waals surface area contributed by atoms with Gasteiger partial charge in [-0.3, -0.25) is 4.79 Å². The molecule has 1 aromatic carbocycles. The number of alkyl halides is 3. The Morgan fingerprint density at radius 1 is 1.32 bits per heavy atom. The lowest BCUT2D eigenvalue weighted by Gasteiger charge is -2.15. The molecule has 0 bridgehead atoms. The minimum atomic E-state index is -4.60. The predicted octanol–water partition coefficient (Wildman–Crippen LogP) is 3.94. The lowest BCUT2D eigenvalue weighted by atomic mass is 10.1. The molecular formula is C19H20F3N3O2S. The van der Waals surface area contributed by atoms with E-state index in [2.05, 4.69) is 15.3 Å². The van der Waals surface area contributed by atoms with Gasteiger partial charge in [-0.2, -0.15) is 13.2 Å². The van der Waals surface area contributed by atoms with Gasteiger partial charge < -0.3 is 10.1 Å². The van der Waals surface area contributed by atoms with Crippen molar-refractivity contribution in [2.75, 3.05) is 13.2 Å². The van der Waals surface area contributed by atoms with E-state index in [0.29, 0.717) is 18.7 Å². The van der Waals surface area contributed by atoms with E-state index in [1.165, 1.54) is 0 Å². The van der Waals surface area contributed by atoms with E-state index in [1.54, 1.807) is 37.3 Å². The second kappa shape index (κ2) is 8.91. The van der Waals surface area contributed by atoms with Gasteiger partial charge in [-0.1, -0.05) is 42.1 Å². The van der Waals surface area contributed by atoms with Gasteiger partial charge in [-0.25, -0.2) is 9.97 Å². The molecule has 9 heteroatoms. The Bertz CT molecular complexity index is 812. The van der Waals surface area contributed by atoms with E-state index >= 15 is 0 Å². The third kappa shape index (κ3) is 5.45. The van der Waals surface area contributed by atoms with Crippen LogP contribution in [0.5, 0.6) is 0 Å². The van der Waals surface area contributed by atoms with Crippen molar-refractivity contribution in [3.8, 4) is 11.3 Å². The summed E-state index contributed by atoms with van der Waals surface area (Å²) in [5.74, 6) is -0.289. The largest absolute Gasteiger partial charge is 0.433 e. The number of hydrogen-bond acceptors (Lipinski definition) is 5. The first-order valence-corrected chi connectivity index (χ1v) is 9.78. The summed E-state index contributed by atoms with van der Waals surface area (Å²) in [6, 6.07) is 9.48. The van der Waals surface area contributed by atoms with Gasteiger partial charge in [0.15, 0.2) is 5.16 Å². The smallest absolute Gasteiger partial charge is 0.376 e. The summed E-state index contributed by atoms with van der Waals surface area (Å²) in [5, 5.41) is 2.04. The zero-order valence-corrected chi connectivity index (χ0v) is 16.0. The lowest BCUT2D eigenvalue weighted by Crippen LogP contribution is -2.36. The summed E-state index contributed by atoms with van der Waals surface area (Å²) < 4.78 is 45.2. The molecule has 3 rings (SSSR count). The lowest BCUT2D eigenvalue weighted by molar-refractivity contribution is -0.141. The molecule has 2 atom stereocenters. The molecule has 1 aliphatic rings. The highest BCUT2D eigenvalue weighted by Gasteiger charge is 2.34. The number of amides is 1. The van der Waals surface area contributed by atoms with Crippen LogP contribution in [0.3, 0.4) is 0 Å². The molecule has 0 aliphatic carbocycles. The molecule has 2 heterocycles. The molecule has 2 unspecified atom stereocenters. The molecule has 1 aliphatic heterocycles. The number of ether oxygens (including phenoxy) is 1. The van der Waals surface area contributed by atoms with E-state index in [1.807, 2.05) is 0 Å². The maximum atomic E-state index is 13.3. The van der Waals surface area contributed by atoms with Crippen LogP contribution < -0.4 is 5.32 Å². The van der Waals surface area contributed by atoms with Gasteiger partial charge in [0.1, 0.15) is 5.69 Å². The topological polar surface area (TPSA) is 64.1 Å². The van der Waals surface area contributed by atoms with Crippen LogP contribution in [0.25, 0.3) is 11.3 Å². The van der Waals surface area contributed by atoms with Crippen molar-refractivity contribution in [2.24, 2.45) is 0 Å². The van der Waals surface area contributed by atoms with Crippen LogP contribution in [0.2, 0.25) is 0 Å². The molecule has 1 N–H and O–H groups in total. The van der Waals surface area contributed by atoms with E-state index in [-0.39, 0.29) is 22.9 Å². The van der Waals surface area contributed by atoms with Crippen molar-refractivity contribution in [1.82, 2.24) is 15.3 Å². The molecule has 0 saturated carbocycles. The van der Waals surface area contributed by atoms with Gasteiger partial charge in [0.05, 0.1) is 17.0 Å². The number of nitrogens with zero attached hydrogens (tertiary/aromatic N) is 2. The number of nitrogens with one attached hydrogen (secondary N) is 1. The van der Waals surface area contributed by atoms with Crippen LogP contribution in [0.4, 0.5) is 13.2 Å². The Labute approximate surface area is 165 Å². The van der Waals surface area contributed by atoms with Crippen LogP contribution in [-0.2, 0) is 15.7 Å². The second-order valence-electron chi connectivity index (χ2n) is 6.43. The van der Waals surface area contributed by atoms with Crippen LogP contribution in [0.1, 0.15) is 25.5 Å². The van der Waals surface area contributed by atoms with Crippen molar-refractivity contribution < 1.29 is 22.7 Å². The first kappa shape index (κ1) is 20.6. The fraction of sp³-hybridized carbons (Fsp3) is 0.421. The first-order valence-electron chi connectivity index (χ1n) is 8.90. The number of benzene rings is 1. The van der Waals surface area contributed by atoms with Gasteiger partial charge in [0.2, 0.25) is 5.91 Å². The Morgan fingerprint density at radius 3 is 2.71 bits per heavy atom. The average Bonchev–Trinajstić information content (AvgIpc) is 3.19. The molecule has 5 nitrogen and oxygen atoms in total. The molecule has 1 aromatic heterocycles. The number of thioether (sulfide) groups is 1. The first-order chi connectivity index (χ1) is 13.3. The SMILES string of the molecule is CC(Sc1nc(-c2ccccc2)cc(C(F)(F)F)n1)C(=O)NCC1CCCO1. The predicted molar refractivity (Wildman–Crippen MR) is 99.8 cm³/mol. The molecule has 1 saturated heterocycles. The van der Waals surface area contributed by atoms with Gasteiger partial charge in [-0.15, -0.1) is 0 Å². The zero-order chi connectivity index (χ0) is 20.1. The molecule has 28 heavy (non-hydrogen) atoms. The van der Waals surface area contributed by atoms with Crippen molar-refractivity contribution >= 4 is 17.7 Å². The van der Waals surface area contributed by atoms with Gasteiger partial charge in [-0.05, 0) is 25.8 Å². The molecule has 0 radical (unpaired) electrons. The van der Waals surface area contributed by atoms with E-state index in [9.17, 15) is 18.0 Å². The maximum absolute atomic E-state index is 13.3. The number of aromatic nitrogens is 2. The van der Waals surface area contributed by atoms with Crippen LogP contribution in [-0.4, -0.2) is 40.4 Å². The van der Waals surface area contributed by atoms with E-state index in [0.717, 1.165) is 30.7 Å². The van der Waals surface area contributed by atoms with Crippen LogP contribution >= 0.6 is 11.8 Å². The molecule has 2 aromatic rings. The number of hydrogen-bond donors (Lipinski definition) is 1. The summed E-state index contributed by atoms with van der Waals surface area (Å²) in [4.78, 5) is 20.1. The molecule has 1 amide bonds. The number of carbonyl (C=O) groups is 1. The van der Waals surface area contributed by atoms with Crippen molar-refractivity contribution in [2.45, 2.75) is 42.5 Å². The van der Waals surface area contributed by atoms with E-state index < -0.39 is 17.1 Å². The summed E-state index contributed by atoms with van der Waals surface area (Å²) in [6.07, 6.45) is -2.76. The number of rotatable bonds is 6. The maximum Gasteiger partial charge on any atom is 0.433 e. The highest BCUT2D eigenvalue weighted by molar-refractivity contribution is 8.00. The Balaban J connectivity index is 1.75. The Kier molecular flexibility index (Phi) is 6.56. The molecular weight excluding hydrogens is 391 g/mol. The minimum Gasteiger partial charge on any atom is -0.376 e. The normalized spacial score (nSPS) is 18.1. The van der Waals surface area contributed by atoms with Crippen LogP contribution in [0.15, 0.2) is 41.6 Å². The van der Waals surface area contributed by atoms with Crippen molar-refractivity contribution in [3.05, 3.63) is 42.1 Å². The quantitative estimate of drug-likeness (QED) is 0.576. The summed E-state index contributed by atoms with van der Waals surface area (Å²) in [6.45, 7) is 2.69. The second-order valence-corrected chi connectivity index (χ2v) is 7.73. The van der Waals surface area contributed by atoms with Crippen LogP contribution in [0, 0.1) is 0 Å². The van der Waals surface area contributed by atoms with Gasteiger partial charge >= 0.3 is 6.18 Å². The highest BCUT2D eigenvalue weighted by atomic mass is 32.2. The average molecular weight is 411 g/mol. The number of halogens is 3. The molecule has 1 fully saturated rings. The fourth-order valence-electron chi connectivity index (χ4n) is 2.75. The summed E-state index contributed by atoms with van der Waals surface area (Å²) in [7, 11) is 0.